The van der Waals surface area contributed by atoms with Gasteiger partial charge in [-0.3, -0.25) is 4.90 Å². The standard InChI is InChI=1S/C16H21F5N2/c1-9(2)3-4-10(23-7-5-22-6-8-23)11-12(17)14(19)16(21)15(20)13(11)18/h9-10,22H,3-8H2,1-2H3/t10-/m1/s1. The zero-order chi connectivity index (χ0) is 17.1. The van der Waals surface area contributed by atoms with E-state index in [1.165, 1.54) is 0 Å². The minimum Gasteiger partial charge on any atom is -0.314 e. The molecule has 1 heterocycles. The van der Waals surface area contributed by atoms with Gasteiger partial charge in [-0.05, 0) is 18.8 Å². The predicted octanol–water partition coefficient (Wildman–Crippen LogP) is 3.76. The van der Waals surface area contributed by atoms with E-state index in [1.54, 1.807) is 4.90 Å². The quantitative estimate of drug-likeness (QED) is 0.500. The zero-order valence-electron chi connectivity index (χ0n) is 13.2. The summed E-state index contributed by atoms with van der Waals surface area (Å²) in [4.78, 5) is 1.79. The molecule has 0 amide bonds. The summed E-state index contributed by atoms with van der Waals surface area (Å²) < 4.78 is 68.7. The third-order valence-corrected chi connectivity index (χ3v) is 4.19. The number of hydrogen-bond donors (Lipinski definition) is 1. The summed E-state index contributed by atoms with van der Waals surface area (Å²) in [5.74, 6) is -9.01. The van der Waals surface area contributed by atoms with Crippen LogP contribution in [0.4, 0.5) is 22.0 Å². The van der Waals surface area contributed by atoms with Crippen LogP contribution in [-0.2, 0) is 0 Å². The number of rotatable bonds is 5. The van der Waals surface area contributed by atoms with Gasteiger partial charge in [0, 0.05) is 37.8 Å². The van der Waals surface area contributed by atoms with Crippen LogP contribution in [0, 0.1) is 35.0 Å². The number of hydrogen-bond acceptors (Lipinski definition) is 2. The molecule has 1 aliphatic heterocycles. The molecule has 0 spiro atoms. The van der Waals surface area contributed by atoms with Crippen LogP contribution in [0.3, 0.4) is 0 Å². The Hall–Kier alpha value is -1.21. The molecule has 1 N–H and O–H groups in total. The van der Waals surface area contributed by atoms with Crippen molar-refractivity contribution in [2.45, 2.75) is 32.7 Å². The van der Waals surface area contributed by atoms with E-state index in [2.05, 4.69) is 5.32 Å². The van der Waals surface area contributed by atoms with E-state index in [0.717, 1.165) is 0 Å². The summed E-state index contributed by atoms with van der Waals surface area (Å²) in [6.07, 6.45) is 0.976. The lowest BCUT2D eigenvalue weighted by Gasteiger charge is -2.36. The van der Waals surface area contributed by atoms with Gasteiger partial charge >= 0.3 is 0 Å². The zero-order valence-corrected chi connectivity index (χ0v) is 13.2. The monoisotopic (exact) mass is 336 g/mol. The van der Waals surface area contributed by atoms with Crippen LogP contribution < -0.4 is 5.32 Å². The van der Waals surface area contributed by atoms with Gasteiger partial charge in [0.15, 0.2) is 23.3 Å². The maximum Gasteiger partial charge on any atom is 0.200 e. The number of benzene rings is 1. The molecule has 1 aromatic carbocycles. The fourth-order valence-electron chi connectivity index (χ4n) is 2.91. The van der Waals surface area contributed by atoms with Crippen molar-refractivity contribution in [3.63, 3.8) is 0 Å². The summed E-state index contributed by atoms with van der Waals surface area (Å²) in [5, 5.41) is 3.11. The highest BCUT2D eigenvalue weighted by atomic mass is 19.2. The molecule has 0 radical (unpaired) electrons. The Kier molecular flexibility index (Phi) is 5.97. The number of nitrogens with zero attached hydrogens (tertiary/aromatic N) is 1. The van der Waals surface area contributed by atoms with Crippen molar-refractivity contribution in [1.82, 2.24) is 10.2 Å². The number of piperazine rings is 1. The molecular formula is C16H21F5N2. The smallest absolute Gasteiger partial charge is 0.200 e. The first-order chi connectivity index (χ1) is 10.8. The van der Waals surface area contributed by atoms with Gasteiger partial charge in [-0.2, -0.15) is 0 Å². The van der Waals surface area contributed by atoms with Gasteiger partial charge in [-0.15, -0.1) is 0 Å². The molecular weight excluding hydrogens is 315 g/mol. The molecule has 0 saturated carbocycles. The first kappa shape index (κ1) is 18.1. The Morgan fingerprint density at radius 3 is 1.78 bits per heavy atom. The molecule has 0 unspecified atom stereocenters. The maximum atomic E-state index is 14.2. The van der Waals surface area contributed by atoms with Crippen molar-refractivity contribution in [1.29, 1.82) is 0 Å². The lowest BCUT2D eigenvalue weighted by atomic mass is 9.94. The van der Waals surface area contributed by atoms with Crippen molar-refractivity contribution in [3.05, 3.63) is 34.6 Å². The van der Waals surface area contributed by atoms with Gasteiger partial charge in [0.1, 0.15) is 0 Å². The van der Waals surface area contributed by atoms with Crippen molar-refractivity contribution < 1.29 is 22.0 Å². The molecule has 1 aliphatic rings. The summed E-state index contributed by atoms with van der Waals surface area (Å²) in [5.41, 5.74) is -0.705. The Morgan fingerprint density at radius 1 is 0.826 bits per heavy atom. The van der Waals surface area contributed by atoms with E-state index in [1.807, 2.05) is 13.8 Å². The predicted molar refractivity (Wildman–Crippen MR) is 77.5 cm³/mol. The molecule has 23 heavy (non-hydrogen) atoms. The number of nitrogens with one attached hydrogen (secondary N) is 1. The van der Waals surface area contributed by atoms with Gasteiger partial charge in [0.25, 0.3) is 0 Å². The normalized spacial score (nSPS) is 17.7. The average molecular weight is 336 g/mol. The number of halogens is 5. The Morgan fingerprint density at radius 2 is 1.30 bits per heavy atom. The Labute approximate surface area is 132 Å². The molecule has 7 heteroatoms. The second-order valence-electron chi connectivity index (χ2n) is 6.26. The molecule has 1 fully saturated rings. The summed E-state index contributed by atoms with van der Waals surface area (Å²) in [6.45, 7) is 6.15. The third-order valence-electron chi connectivity index (χ3n) is 4.19. The maximum absolute atomic E-state index is 14.2. The van der Waals surface area contributed by atoms with Crippen LogP contribution >= 0.6 is 0 Å². The van der Waals surface area contributed by atoms with Gasteiger partial charge in [-0.25, -0.2) is 22.0 Å². The highest BCUT2D eigenvalue weighted by Gasteiger charge is 2.33. The van der Waals surface area contributed by atoms with E-state index >= 15 is 0 Å². The fourth-order valence-corrected chi connectivity index (χ4v) is 2.91. The summed E-state index contributed by atoms with van der Waals surface area (Å²) >= 11 is 0. The SMILES string of the molecule is CC(C)CC[C@H](c1c(F)c(F)c(F)c(F)c1F)N1CCNCC1. The van der Waals surface area contributed by atoms with Crippen LogP contribution in [0.5, 0.6) is 0 Å². The molecule has 0 aromatic heterocycles. The van der Waals surface area contributed by atoms with Gasteiger partial charge < -0.3 is 5.32 Å². The molecule has 1 saturated heterocycles. The highest BCUT2D eigenvalue weighted by molar-refractivity contribution is 5.27. The summed E-state index contributed by atoms with van der Waals surface area (Å²) in [6, 6.07) is -0.816. The summed E-state index contributed by atoms with van der Waals surface area (Å²) in [7, 11) is 0. The van der Waals surface area contributed by atoms with E-state index < -0.39 is 40.7 Å². The van der Waals surface area contributed by atoms with Crippen LogP contribution in [0.15, 0.2) is 0 Å². The van der Waals surface area contributed by atoms with Crippen molar-refractivity contribution in [3.8, 4) is 0 Å². The molecule has 0 bridgehead atoms. The third kappa shape index (κ3) is 3.83. The van der Waals surface area contributed by atoms with Crippen LogP contribution in [0.1, 0.15) is 38.3 Å². The Bertz CT molecular complexity index is 527. The topological polar surface area (TPSA) is 15.3 Å². The first-order valence-electron chi connectivity index (χ1n) is 7.80. The van der Waals surface area contributed by atoms with Gasteiger partial charge in [0.05, 0.1) is 0 Å². The molecule has 2 nitrogen and oxygen atoms in total. The van der Waals surface area contributed by atoms with Crippen LogP contribution in [0.2, 0.25) is 0 Å². The van der Waals surface area contributed by atoms with Crippen LogP contribution in [0.25, 0.3) is 0 Å². The lowest BCUT2D eigenvalue weighted by molar-refractivity contribution is 0.150. The van der Waals surface area contributed by atoms with E-state index in [-0.39, 0.29) is 5.92 Å². The van der Waals surface area contributed by atoms with Crippen molar-refractivity contribution in [2.24, 2.45) is 5.92 Å². The lowest BCUT2D eigenvalue weighted by Crippen LogP contribution is -2.45. The average Bonchev–Trinajstić information content (AvgIpc) is 2.54. The minimum atomic E-state index is -2.10. The van der Waals surface area contributed by atoms with E-state index in [9.17, 15) is 22.0 Å². The largest absolute Gasteiger partial charge is 0.314 e. The molecule has 1 atom stereocenters. The van der Waals surface area contributed by atoms with Gasteiger partial charge in [0.2, 0.25) is 5.82 Å². The van der Waals surface area contributed by atoms with E-state index in [0.29, 0.717) is 39.0 Å². The minimum absolute atomic E-state index is 0.265. The van der Waals surface area contributed by atoms with Crippen LogP contribution in [-0.4, -0.2) is 31.1 Å². The fraction of sp³-hybridized carbons (Fsp3) is 0.625. The molecule has 130 valence electrons. The molecule has 2 rings (SSSR count). The highest BCUT2D eigenvalue weighted by Crippen LogP contribution is 2.34. The Balaban J connectivity index is 2.45. The molecule has 1 aromatic rings. The van der Waals surface area contributed by atoms with Crippen molar-refractivity contribution in [2.75, 3.05) is 26.2 Å². The first-order valence-corrected chi connectivity index (χ1v) is 7.80. The second kappa shape index (κ2) is 7.57. The second-order valence-corrected chi connectivity index (χ2v) is 6.26. The molecule has 0 aliphatic carbocycles. The van der Waals surface area contributed by atoms with Crippen molar-refractivity contribution >= 4 is 0 Å². The van der Waals surface area contributed by atoms with Gasteiger partial charge in [-0.1, -0.05) is 13.8 Å². The van der Waals surface area contributed by atoms with E-state index in [4.69, 9.17) is 0 Å².